The highest BCUT2D eigenvalue weighted by molar-refractivity contribution is 14.0. The molecule has 8 heteroatoms. The third kappa shape index (κ3) is 5.73. The second kappa shape index (κ2) is 11.0. The van der Waals surface area contributed by atoms with Crippen molar-refractivity contribution in [3.63, 3.8) is 0 Å². The van der Waals surface area contributed by atoms with Crippen molar-refractivity contribution in [1.82, 2.24) is 10.6 Å². The molecular weight excluding hydrogens is 465 g/mol. The summed E-state index contributed by atoms with van der Waals surface area (Å²) in [6.45, 7) is 3.79. The van der Waals surface area contributed by atoms with E-state index in [1.54, 1.807) is 28.4 Å². The second-order valence-corrected chi connectivity index (χ2v) is 7.86. The van der Waals surface area contributed by atoms with Crippen molar-refractivity contribution in [3.8, 4) is 17.2 Å². The van der Waals surface area contributed by atoms with Crippen molar-refractivity contribution < 1.29 is 14.2 Å². The fourth-order valence-electron chi connectivity index (χ4n) is 2.95. The largest absolute Gasteiger partial charge is 0.493 e. The van der Waals surface area contributed by atoms with Gasteiger partial charge in [0.2, 0.25) is 5.75 Å². The molecule has 2 N–H and O–H groups in total. The van der Waals surface area contributed by atoms with Crippen LogP contribution in [0.4, 0.5) is 0 Å². The van der Waals surface area contributed by atoms with Gasteiger partial charge in [-0.3, -0.25) is 4.99 Å². The van der Waals surface area contributed by atoms with Crippen molar-refractivity contribution >= 4 is 41.7 Å². The van der Waals surface area contributed by atoms with E-state index < -0.39 is 0 Å². The topological polar surface area (TPSA) is 64.1 Å². The lowest BCUT2D eigenvalue weighted by Gasteiger charge is -2.24. The number of methoxy groups -OCH3 is 3. The molecule has 1 aromatic carbocycles. The summed E-state index contributed by atoms with van der Waals surface area (Å²) in [6, 6.07) is 3.85. The summed E-state index contributed by atoms with van der Waals surface area (Å²) in [4.78, 5) is 4.32. The van der Waals surface area contributed by atoms with Crippen LogP contribution >= 0.6 is 35.7 Å². The molecule has 1 aromatic rings. The standard InChI is InChI=1S/C18H29N3O3S.HI/c1-18(9-6-10-25-18)12-21-17(19-2)20-11-13-7-8-14(22-3)16(24-5)15(13)23-4;/h7-8H,6,9-12H2,1-5H3,(H2,19,20,21);1H. The SMILES string of the molecule is CN=C(NCc1ccc(OC)c(OC)c1OC)NCC1(C)CCCS1.I. The van der Waals surface area contributed by atoms with Crippen LogP contribution in [0.5, 0.6) is 17.2 Å². The molecule has 0 saturated carbocycles. The maximum atomic E-state index is 5.52. The molecule has 1 fully saturated rings. The first-order valence-electron chi connectivity index (χ1n) is 8.43. The molecular formula is C18H30IN3O3S. The molecule has 1 heterocycles. The van der Waals surface area contributed by atoms with Gasteiger partial charge < -0.3 is 24.8 Å². The number of ether oxygens (including phenoxy) is 3. The van der Waals surface area contributed by atoms with Crippen LogP contribution in [0.3, 0.4) is 0 Å². The van der Waals surface area contributed by atoms with E-state index in [1.165, 1.54) is 18.6 Å². The van der Waals surface area contributed by atoms with E-state index in [0.717, 1.165) is 18.1 Å². The van der Waals surface area contributed by atoms with Gasteiger partial charge in [0.15, 0.2) is 17.5 Å². The Kier molecular flexibility index (Phi) is 9.70. The molecule has 148 valence electrons. The Morgan fingerprint density at radius 1 is 1.15 bits per heavy atom. The molecule has 0 spiro atoms. The molecule has 1 aliphatic rings. The Bertz CT molecular complexity index is 608. The fraction of sp³-hybridized carbons (Fsp3) is 0.611. The van der Waals surface area contributed by atoms with Crippen LogP contribution in [-0.4, -0.2) is 51.4 Å². The van der Waals surface area contributed by atoms with E-state index in [9.17, 15) is 0 Å². The summed E-state index contributed by atoms with van der Waals surface area (Å²) >= 11 is 2.03. The second-order valence-electron chi connectivity index (χ2n) is 6.17. The Morgan fingerprint density at radius 2 is 1.88 bits per heavy atom. The number of nitrogens with zero attached hydrogens (tertiary/aromatic N) is 1. The Morgan fingerprint density at radius 3 is 2.42 bits per heavy atom. The number of aliphatic imine (C=N–C) groups is 1. The Hall–Kier alpha value is -1.03. The van der Waals surface area contributed by atoms with Crippen LogP contribution in [0.2, 0.25) is 0 Å². The van der Waals surface area contributed by atoms with Crippen LogP contribution < -0.4 is 24.8 Å². The normalized spacial score (nSPS) is 19.5. The molecule has 2 rings (SSSR count). The predicted molar refractivity (Wildman–Crippen MR) is 120 cm³/mol. The minimum atomic E-state index is 0. The van der Waals surface area contributed by atoms with Crippen LogP contribution in [-0.2, 0) is 6.54 Å². The third-order valence-electron chi connectivity index (χ3n) is 4.39. The monoisotopic (exact) mass is 495 g/mol. The van der Waals surface area contributed by atoms with E-state index in [-0.39, 0.29) is 24.0 Å². The number of thioether (sulfide) groups is 1. The highest BCUT2D eigenvalue weighted by Crippen LogP contribution is 2.39. The number of rotatable bonds is 7. The number of benzene rings is 1. The predicted octanol–water partition coefficient (Wildman–Crippen LogP) is 3.28. The van der Waals surface area contributed by atoms with E-state index >= 15 is 0 Å². The zero-order valence-corrected chi connectivity index (χ0v) is 19.3. The lowest BCUT2D eigenvalue weighted by molar-refractivity contribution is 0.322. The van der Waals surface area contributed by atoms with Gasteiger partial charge >= 0.3 is 0 Å². The molecule has 1 atom stereocenters. The lowest BCUT2D eigenvalue weighted by Crippen LogP contribution is -2.43. The van der Waals surface area contributed by atoms with Gasteiger partial charge in [-0.25, -0.2) is 0 Å². The molecule has 1 unspecified atom stereocenters. The van der Waals surface area contributed by atoms with Gasteiger partial charge in [0, 0.05) is 30.4 Å². The first kappa shape index (κ1) is 23.0. The molecule has 26 heavy (non-hydrogen) atoms. The average Bonchev–Trinajstić information content (AvgIpc) is 3.07. The van der Waals surface area contributed by atoms with Gasteiger partial charge in [0.25, 0.3) is 0 Å². The van der Waals surface area contributed by atoms with Crippen molar-refractivity contribution in [3.05, 3.63) is 17.7 Å². The fourth-order valence-corrected chi connectivity index (χ4v) is 4.19. The van der Waals surface area contributed by atoms with Gasteiger partial charge in [-0.15, -0.1) is 24.0 Å². The quantitative estimate of drug-likeness (QED) is 0.344. The highest BCUT2D eigenvalue weighted by atomic mass is 127. The Labute approximate surface area is 177 Å². The zero-order chi connectivity index (χ0) is 18.3. The van der Waals surface area contributed by atoms with E-state index in [2.05, 4.69) is 22.5 Å². The minimum absolute atomic E-state index is 0. The first-order chi connectivity index (χ1) is 12.1. The van der Waals surface area contributed by atoms with Crippen molar-refractivity contribution in [2.75, 3.05) is 40.7 Å². The summed E-state index contributed by atoms with van der Waals surface area (Å²) in [5.74, 6) is 3.94. The third-order valence-corrected chi connectivity index (χ3v) is 5.92. The number of nitrogens with one attached hydrogen (secondary N) is 2. The molecule has 0 bridgehead atoms. The van der Waals surface area contributed by atoms with E-state index in [4.69, 9.17) is 14.2 Å². The number of hydrogen-bond donors (Lipinski definition) is 2. The van der Waals surface area contributed by atoms with Gasteiger partial charge in [0.05, 0.1) is 21.3 Å². The molecule has 0 aromatic heterocycles. The maximum absolute atomic E-state index is 5.52. The maximum Gasteiger partial charge on any atom is 0.203 e. The molecule has 1 aliphatic heterocycles. The van der Waals surface area contributed by atoms with Crippen molar-refractivity contribution in [2.45, 2.75) is 31.1 Å². The number of hydrogen-bond acceptors (Lipinski definition) is 5. The lowest BCUT2D eigenvalue weighted by atomic mass is 10.1. The van der Waals surface area contributed by atoms with Gasteiger partial charge in [-0.2, -0.15) is 11.8 Å². The van der Waals surface area contributed by atoms with Crippen LogP contribution in [0.25, 0.3) is 0 Å². The summed E-state index contributed by atoms with van der Waals surface area (Å²) in [6.07, 6.45) is 2.53. The van der Waals surface area contributed by atoms with E-state index in [1.807, 2.05) is 23.9 Å². The molecule has 0 aliphatic carbocycles. The zero-order valence-electron chi connectivity index (χ0n) is 16.2. The van der Waals surface area contributed by atoms with Crippen molar-refractivity contribution in [1.29, 1.82) is 0 Å². The number of guanidine groups is 1. The highest BCUT2D eigenvalue weighted by Gasteiger charge is 2.29. The van der Waals surface area contributed by atoms with Crippen LogP contribution in [0, 0.1) is 0 Å². The van der Waals surface area contributed by atoms with Crippen molar-refractivity contribution in [2.24, 2.45) is 4.99 Å². The molecule has 0 amide bonds. The van der Waals surface area contributed by atoms with Gasteiger partial charge in [0.1, 0.15) is 0 Å². The molecule has 6 nitrogen and oxygen atoms in total. The summed E-state index contributed by atoms with van der Waals surface area (Å²) in [7, 11) is 6.64. The Balaban J connectivity index is 0.00000338. The van der Waals surface area contributed by atoms with E-state index in [0.29, 0.717) is 28.5 Å². The van der Waals surface area contributed by atoms with Gasteiger partial charge in [-0.1, -0.05) is 0 Å². The minimum Gasteiger partial charge on any atom is -0.493 e. The smallest absolute Gasteiger partial charge is 0.203 e. The first-order valence-corrected chi connectivity index (χ1v) is 9.41. The summed E-state index contributed by atoms with van der Waals surface area (Å²) < 4.78 is 16.6. The molecule has 1 saturated heterocycles. The number of halogens is 1. The van der Waals surface area contributed by atoms with Crippen LogP contribution in [0.15, 0.2) is 17.1 Å². The van der Waals surface area contributed by atoms with Gasteiger partial charge in [-0.05, 0) is 37.7 Å². The molecule has 0 radical (unpaired) electrons. The average molecular weight is 495 g/mol. The summed E-state index contributed by atoms with van der Waals surface area (Å²) in [5.41, 5.74) is 0.976. The van der Waals surface area contributed by atoms with Crippen LogP contribution in [0.1, 0.15) is 25.3 Å². The summed E-state index contributed by atoms with van der Waals surface area (Å²) in [5, 5.41) is 6.78.